The van der Waals surface area contributed by atoms with Crippen molar-refractivity contribution in [3.8, 4) is 0 Å². The Kier molecular flexibility index (Phi) is 3.59. The lowest BCUT2D eigenvalue weighted by molar-refractivity contribution is -0.120. The van der Waals surface area contributed by atoms with Crippen LogP contribution in [0.5, 0.6) is 0 Å². The first kappa shape index (κ1) is 13.3. The van der Waals surface area contributed by atoms with Crippen molar-refractivity contribution < 1.29 is 4.79 Å². The van der Waals surface area contributed by atoms with E-state index in [4.69, 9.17) is 5.73 Å². The van der Waals surface area contributed by atoms with E-state index in [2.05, 4.69) is 25.1 Å². The van der Waals surface area contributed by atoms with E-state index in [0.29, 0.717) is 0 Å². The number of nitrogens with two attached hydrogens (primary N) is 1. The third kappa shape index (κ3) is 2.25. The molecule has 2 heterocycles. The summed E-state index contributed by atoms with van der Waals surface area (Å²) in [7, 11) is 0. The fourth-order valence-electron chi connectivity index (χ4n) is 2.83. The molecule has 0 bridgehead atoms. The zero-order valence-electron chi connectivity index (χ0n) is 11.5. The van der Waals surface area contributed by atoms with Crippen molar-refractivity contribution in [2.75, 3.05) is 11.4 Å². The van der Waals surface area contributed by atoms with Crippen molar-refractivity contribution in [3.63, 3.8) is 0 Å². The summed E-state index contributed by atoms with van der Waals surface area (Å²) in [5.41, 5.74) is 9.61. The topological polar surface area (TPSA) is 46.3 Å². The van der Waals surface area contributed by atoms with Crippen LogP contribution in [0.3, 0.4) is 0 Å². The number of aryl methyl sites for hydroxylation is 2. The predicted octanol–water partition coefficient (Wildman–Crippen LogP) is 3.04. The maximum Gasteiger partial charge on any atom is 0.249 e. The highest BCUT2D eigenvalue weighted by Crippen LogP contribution is 2.32. The van der Waals surface area contributed by atoms with Gasteiger partial charge in [-0.05, 0) is 42.3 Å². The molecule has 3 rings (SSSR count). The first-order valence-electron chi connectivity index (χ1n) is 6.87. The molecule has 0 spiro atoms. The minimum Gasteiger partial charge on any atom is -0.316 e. The summed E-state index contributed by atoms with van der Waals surface area (Å²) in [4.78, 5) is 15.5. The minimum atomic E-state index is -0.555. The van der Waals surface area contributed by atoms with Crippen LogP contribution >= 0.6 is 11.3 Å². The normalized spacial score (nSPS) is 15.8. The number of hydrogen-bond acceptors (Lipinski definition) is 3. The van der Waals surface area contributed by atoms with Crippen LogP contribution in [-0.2, 0) is 11.2 Å². The molecule has 0 radical (unpaired) electrons. The molecule has 1 aromatic carbocycles. The van der Waals surface area contributed by atoms with Gasteiger partial charge in [0.05, 0.1) is 0 Å². The van der Waals surface area contributed by atoms with E-state index in [1.807, 2.05) is 22.4 Å². The summed E-state index contributed by atoms with van der Waals surface area (Å²) in [5.74, 6) is 0.00250. The van der Waals surface area contributed by atoms with Gasteiger partial charge in [0, 0.05) is 17.1 Å². The van der Waals surface area contributed by atoms with Gasteiger partial charge in [-0.2, -0.15) is 0 Å². The number of rotatable bonds is 2. The van der Waals surface area contributed by atoms with Crippen LogP contribution in [0.1, 0.15) is 28.5 Å². The number of hydrogen-bond donors (Lipinski definition) is 1. The number of carbonyl (C=O) groups excluding carboxylic acids is 1. The van der Waals surface area contributed by atoms with Crippen LogP contribution < -0.4 is 10.6 Å². The summed E-state index contributed by atoms with van der Waals surface area (Å²) in [5, 5.41) is 1.96. The Labute approximate surface area is 123 Å². The smallest absolute Gasteiger partial charge is 0.249 e. The number of para-hydroxylation sites is 1. The highest BCUT2D eigenvalue weighted by Gasteiger charge is 2.28. The van der Waals surface area contributed by atoms with Gasteiger partial charge in [0.25, 0.3) is 0 Å². The standard InChI is InChI=1S/C16H18N2OS/c1-11-5-2-6-12-7-3-9-18(15(11)12)16(19)14(17)13-8-4-10-20-13/h2,4-6,8,10,14H,3,7,9,17H2,1H3. The summed E-state index contributed by atoms with van der Waals surface area (Å²) in [6.07, 6.45) is 2.04. The van der Waals surface area contributed by atoms with Crippen molar-refractivity contribution in [2.45, 2.75) is 25.8 Å². The molecule has 20 heavy (non-hydrogen) atoms. The van der Waals surface area contributed by atoms with Gasteiger partial charge in [0.2, 0.25) is 5.91 Å². The monoisotopic (exact) mass is 286 g/mol. The number of anilines is 1. The zero-order chi connectivity index (χ0) is 14.1. The van der Waals surface area contributed by atoms with E-state index in [9.17, 15) is 4.79 Å². The minimum absolute atomic E-state index is 0.00250. The quantitative estimate of drug-likeness (QED) is 0.922. The fraction of sp³-hybridized carbons (Fsp3) is 0.312. The second-order valence-corrected chi connectivity index (χ2v) is 6.15. The Hall–Kier alpha value is -1.65. The summed E-state index contributed by atoms with van der Waals surface area (Å²) >= 11 is 1.54. The van der Waals surface area contributed by atoms with E-state index >= 15 is 0 Å². The Morgan fingerprint density at radius 1 is 1.35 bits per heavy atom. The molecule has 4 heteroatoms. The van der Waals surface area contributed by atoms with Gasteiger partial charge in [-0.15, -0.1) is 11.3 Å². The number of nitrogens with zero attached hydrogens (tertiary/aromatic N) is 1. The van der Waals surface area contributed by atoms with Gasteiger partial charge in [0.15, 0.2) is 0 Å². The van der Waals surface area contributed by atoms with Crippen LogP contribution in [0, 0.1) is 6.92 Å². The maximum atomic E-state index is 12.7. The molecular formula is C16H18N2OS. The molecule has 0 saturated carbocycles. The van der Waals surface area contributed by atoms with Crippen LogP contribution in [0.15, 0.2) is 35.7 Å². The van der Waals surface area contributed by atoms with E-state index in [-0.39, 0.29) is 5.91 Å². The van der Waals surface area contributed by atoms with Crippen molar-refractivity contribution in [1.82, 2.24) is 0 Å². The summed E-state index contributed by atoms with van der Waals surface area (Å²) in [6, 6.07) is 9.53. The first-order valence-corrected chi connectivity index (χ1v) is 7.75. The molecule has 1 aliphatic heterocycles. The van der Waals surface area contributed by atoms with Crippen molar-refractivity contribution >= 4 is 22.9 Å². The predicted molar refractivity (Wildman–Crippen MR) is 83.1 cm³/mol. The largest absolute Gasteiger partial charge is 0.316 e. The second kappa shape index (κ2) is 5.38. The molecule has 2 aromatic rings. The molecule has 1 aliphatic rings. The Morgan fingerprint density at radius 2 is 2.20 bits per heavy atom. The molecule has 2 N–H and O–H groups in total. The van der Waals surface area contributed by atoms with Crippen LogP contribution in [0.2, 0.25) is 0 Å². The van der Waals surface area contributed by atoms with Gasteiger partial charge < -0.3 is 10.6 Å². The molecule has 1 aromatic heterocycles. The molecular weight excluding hydrogens is 268 g/mol. The average Bonchev–Trinajstić information content (AvgIpc) is 2.99. The SMILES string of the molecule is Cc1cccc2c1N(C(=O)C(N)c1cccs1)CCC2. The number of fused-ring (bicyclic) bond motifs is 1. The van der Waals surface area contributed by atoms with E-state index in [1.54, 1.807) is 0 Å². The lowest BCUT2D eigenvalue weighted by Crippen LogP contribution is -2.41. The Morgan fingerprint density at radius 3 is 2.95 bits per heavy atom. The van der Waals surface area contributed by atoms with Crippen LogP contribution in [0.4, 0.5) is 5.69 Å². The third-order valence-corrected chi connectivity index (χ3v) is 4.76. The lowest BCUT2D eigenvalue weighted by atomic mass is 9.97. The first-order chi connectivity index (χ1) is 9.68. The molecule has 0 aliphatic carbocycles. The Balaban J connectivity index is 1.95. The van der Waals surface area contributed by atoms with E-state index in [1.165, 1.54) is 16.9 Å². The van der Waals surface area contributed by atoms with Crippen LogP contribution in [-0.4, -0.2) is 12.5 Å². The van der Waals surface area contributed by atoms with Gasteiger partial charge >= 0.3 is 0 Å². The molecule has 0 saturated heterocycles. The Bertz CT molecular complexity index is 621. The van der Waals surface area contributed by atoms with E-state index in [0.717, 1.165) is 35.5 Å². The highest BCUT2D eigenvalue weighted by atomic mass is 32.1. The molecule has 1 atom stereocenters. The van der Waals surface area contributed by atoms with Crippen molar-refractivity contribution in [3.05, 3.63) is 51.7 Å². The van der Waals surface area contributed by atoms with E-state index < -0.39 is 6.04 Å². The van der Waals surface area contributed by atoms with Crippen molar-refractivity contribution in [1.29, 1.82) is 0 Å². The highest BCUT2D eigenvalue weighted by molar-refractivity contribution is 7.10. The number of carbonyl (C=O) groups is 1. The second-order valence-electron chi connectivity index (χ2n) is 5.17. The number of thiophene rings is 1. The van der Waals surface area contributed by atoms with Gasteiger partial charge in [-0.3, -0.25) is 4.79 Å². The summed E-state index contributed by atoms with van der Waals surface area (Å²) < 4.78 is 0. The number of benzene rings is 1. The molecule has 1 unspecified atom stereocenters. The molecule has 1 amide bonds. The zero-order valence-corrected chi connectivity index (χ0v) is 12.3. The molecule has 104 valence electrons. The molecule has 3 nitrogen and oxygen atoms in total. The maximum absolute atomic E-state index is 12.7. The van der Waals surface area contributed by atoms with Crippen molar-refractivity contribution in [2.24, 2.45) is 5.73 Å². The molecule has 0 fully saturated rings. The third-order valence-electron chi connectivity index (χ3n) is 3.80. The lowest BCUT2D eigenvalue weighted by Gasteiger charge is -2.32. The van der Waals surface area contributed by atoms with Crippen LogP contribution in [0.25, 0.3) is 0 Å². The van der Waals surface area contributed by atoms with Gasteiger partial charge in [0.1, 0.15) is 6.04 Å². The van der Waals surface area contributed by atoms with Gasteiger partial charge in [-0.25, -0.2) is 0 Å². The fourth-order valence-corrected chi connectivity index (χ4v) is 3.54. The average molecular weight is 286 g/mol. The van der Waals surface area contributed by atoms with Gasteiger partial charge in [-0.1, -0.05) is 24.3 Å². The summed E-state index contributed by atoms with van der Waals surface area (Å²) in [6.45, 7) is 2.82. The number of amides is 1.